The van der Waals surface area contributed by atoms with Gasteiger partial charge in [0.25, 0.3) is 0 Å². The Morgan fingerprint density at radius 2 is 1.78 bits per heavy atom. The molecule has 116 valence electrons. The Morgan fingerprint density at radius 3 is 2.57 bits per heavy atom. The van der Waals surface area contributed by atoms with Crippen LogP contribution in [0.25, 0.3) is 28.5 Å². The molecule has 0 fully saturated rings. The second-order valence-corrected chi connectivity index (χ2v) is 6.84. The molecule has 0 radical (unpaired) electrons. The van der Waals surface area contributed by atoms with Crippen LogP contribution in [0.4, 0.5) is 0 Å². The van der Waals surface area contributed by atoms with Crippen LogP contribution >= 0.6 is 0 Å². The van der Waals surface area contributed by atoms with E-state index in [1.165, 1.54) is 39.0 Å². The molecule has 3 heterocycles. The van der Waals surface area contributed by atoms with Crippen molar-refractivity contribution in [2.45, 2.75) is 34.1 Å². The van der Waals surface area contributed by atoms with E-state index >= 15 is 0 Å². The molecule has 0 spiro atoms. The maximum atomic E-state index is 4.84. The summed E-state index contributed by atoms with van der Waals surface area (Å²) in [5.74, 6) is 1.15. The third-order valence-corrected chi connectivity index (χ3v) is 4.91. The summed E-state index contributed by atoms with van der Waals surface area (Å²) < 4.78 is 4.45. The minimum absolute atomic E-state index is 0.959. The van der Waals surface area contributed by atoms with Crippen molar-refractivity contribution in [3.63, 3.8) is 0 Å². The topological polar surface area (TPSA) is 21.7 Å². The number of allylic oxidation sites excluding steroid dienone is 1. The van der Waals surface area contributed by atoms with Gasteiger partial charge in [0, 0.05) is 24.3 Å². The quantitative estimate of drug-likeness (QED) is 0.625. The molecule has 0 saturated carbocycles. The molecule has 4 rings (SSSR count). The molecule has 1 aliphatic heterocycles. The highest BCUT2D eigenvalue weighted by Gasteiger charge is 2.20. The fourth-order valence-corrected chi connectivity index (χ4v) is 3.51. The highest BCUT2D eigenvalue weighted by Crippen LogP contribution is 2.30. The van der Waals surface area contributed by atoms with Crippen LogP contribution in [-0.4, -0.2) is 9.55 Å². The molecule has 1 aromatic carbocycles. The number of hydrogen-bond donors (Lipinski definition) is 0. The van der Waals surface area contributed by atoms with Gasteiger partial charge in [-0.1, -0.05) is 0 Å². The fourth-order valence-electron chi connectivity index (χ4n) is 3.51. The Balaban J connectivity index is 1.96. The van der Waals surface area contributed by atoms with Crippen LogP contribution in [0.5, 0.6) is 0 Å². The van der Waals surface area contributed by atoms with Crippen molar-refractivity contribution >= 4 is 17.2 Å². The Kier molecular flexibility index (Phi) is 2.95. The first-order valence-corrected chi connectivity index (χ1v) is 8.10. The van der Waals surface area contributed by atoms with Gasteiger partial charge in [-0.15, -0.1) is 0 Å². The summed E-state index contributed by atoms with van der Waals surface area (Å²) in [4.78, 5) is 4.84. The van der Waals surface area contributed by atoms with Crippen LogP contribution in [0.15, 0.2) is 30.0 Å². The monoisotopic (exact) mass is 304 g/mol. The van der Waals surface area contributed by atoms with Crippen LogP contribution < -0.4 is 4.57 Å². The van der Waals surface area contributed by atoms with E-state index in [0.717, 1.165) is 17.8 Å². The smallest absolute Gasteiger partial charge is 0.212 e. The summed E-state index contributed by atoms with van der Waals surface area (Å²) in [7, 11) is 2.12. The summed E-state index contributed by atoms with van der Waals surface area (Å²) in [6, 6.07) is 6.78. The van der Waals surface area contributed by atoms with Gasteiger partial charge in [-0.25, -0.2) is 9.55 Å². The molecule has 3 aromatic rings. The number of fused-ring (bicyclic) bond motifs is 3. The minimum Gasteiger partial charge on any atom is -0.303 e. The molecule has 0 N–H and O–H groups in total. The molecular formula is C20H22N3+. The molecule has 3 heteroatoms. The molecule has 0 amide bonds. The van der Waals surface area contributed by atoms with Gasteiger partial charge in [-0.2, -0.15) is 0 Å². The van der Waals surface area contributed by atoms with E-state index in [1.54, 1.807) is 0 Å². The molecule has 3 nitrogen and oxygen atoms in total. The van der Waals surface area contributed by atoms with Crippen molar-refractivity contribution in [1.29, 1.82) is 0 Å². The first-order chi connectivity index (χ1) is 10.9. The highest BCUT2D eigenvalue weighted by atomic mass is 15.1. The van der Waals surface area contributed by atoms with Gasteiger partial charge < -0.3 is 4.57 Å². The summed E-state index contributed by atoms with van der Waals surface area (Å²) >= 11 is 0. The summed E-state index contributed by atoms with van der Waals surface area (Å²) in [5, 5.41) is 0. The number of aryl methyl sites for hydroxylation is 4. The average molecular weight is 304 g/mol. The molecule has 0 atom stereocenters. The second kappa shape index (κ2) is 4.79. The highest BCUT2D eigenvalue weighted by molar-refractivity contribution is 5.85. The second-order valence-electron chi connectivity index (χ2n) is 6.84. The lowest BCUT2D eigenvalue weighted by molar-refractivity contribution is -0.660. The summed E-state index contributed by atoms with van der Waals surface area (Å²) in [5.41, 5.74) is 10.1. The fraction of sp³-hybridized carbons (Fsp3) is 0.300. The number of aromatic nitrogens is 3. The molecule has 0 unspecified atom stereocenters. The Morgan fingerprint density at radius 1 is 1.00 bits per heavy atom. The third-order valence-electron chi connectivity index (χ3n) is 4.91. The standard InChI is InChI=1S/C20H22N3/c1-12-6-20-21-17-9-16(14(3)8-19(17)23(20)10-12)18-7-13(2)15(4)11-22(18)5/h7-11H,6H2,1-5H3/q+1. The van der Waals surface area contributed by atoms with E-state index in [0.29, 0.717) is 0 Å². The zero-order chi connectivity index (χ0) is 16.3. The number of imidazole rings is 1. The van der Waals surface area contributed by atoms with Gasteiger partial charge in [0.05, 0.1) is 16.6 Å². The lowest BCUT2D eigenvalue weighted by Crippen LogP contribution is -2.31. The van der Waals surface area contributed by atoms with Crippen molar-refractivity contribution in [2.24, 2.45) is 7.05 Å². The Bertz CT molecular complexity index is 990. The van der Waals surface area contributed by atoms with E-state index in [2.05, 4.69) is 74.5 Å². The summed E-state index contributed by atoms with van der Waals surface area (Å²) in [6.45, 7) is 8.68. The van der Waals surface area contributed by atoms with Gasteiger partial charge >= 0.3 is 0 Å². The van der Waals surface area contributed by atoms with Crippen LogP contribution in [0.1, 0.15) is 29.4 Å². The van der Waals surface area contributed by atoms with Crippen molar-refractivity contribution in [3.05, 3.63) is 52.5 Å². The largest absolute Gasteiger partial charge is 0.303 e. The van der Waals surface area contributed by atoms with Gasteiger partial charge in [0.1, 0.15) is 12.9 Å². The van der Waals surface area contributed by atoms with E-state index < -0.39 is 0 Å². The van der Waals surface area contributed by atoms with Gasteiger partial charge in [-0.05, 0) is 56.5 Å². The van der Waals surface area contributed by atoms with Crippen LogP contribution in [-0.2, 0) is 13.5 Å². The number of rotatable bonds is 1. The Hall–Kier alpha value is -2.42. The zero-order valence-electron chi connectivity index (χ0n) is 14.4. The molecule has 0 saturated heterocycles. The van der Waals surface area contributed by atoms with E-state index in [9.17, 15) is 0 Å². The minimum atomic E-state index is 0.959. The normalized spacial score (nSPS) is 13.5. The van der Waals surface area contributed by atoms with Crippen LogP contribution in [0.3, 0.4) is 0 Å². The van der Waals surface area contributed by atoms with Crippen molar-refractivity contribution < 1.29 is 4.57 Å². The van der Waals surface area contributed by atoms with Crippen molar-refractivity contribution in [3.8, 4) is 11.3 Å². The Labute approximate surface area is 136 Å². The predicted molar refractivity (Wildman–Crippen MR) is 94.2 cm³/mol. The van der Waals surface area contributed by atoms with Crippen LogP contribution in [0, 0.1) is 20.8 Å². The molecule has 0 bridgehead atoms. The van der Waals surface area contributed by atoms with E-state index in [1.807, 2.05) is 0 Å². The number of hydrogen-bond acceptors (Lipinski definition) is 1. The third kappa shape index (κ3) is 2.11. The summed E-state index contributed by atoms with van der Waals surface area (Å²) in [6.07, 6.45) is 5.37. The first kappa shape index (κ1) is 14.2. The molecular weight excluding hydrogens is 282 g/mol. The average Bonchev–Trinajstić information content (AvgIpc) is 2.99. The van der Waals surface area contributed by atoms with E-state index in [-0.39, 0.29) is 0 Å². The SMILES string of the molecule is CC1=Cn2c(nc3cc(-c4cc(C)c(C)c[n+]4C)c(C)cc32)C1. The lowest BCUT2D eigenvalue weighted by atomic mass is 10.0. The number of benzene rings is 1. The lowest BCUT2D eigenvalue weighted by Gasteiger charge is -2.08. The number of nitrogens with zero attached hydrogens (tertiary/aromatic N) is 3. The van der Waals surface area contributed by atoms with Gasteiger partial charge in [-0.3, -0.25) is 0 Å². The van der Waals surface area contributed by atoms with Crippen molar-refractivity contribution in [2.75, 3.05) is 0 Å². The maximum Gasteiger partial charge on any atom is 0.212 e. The van der Waals surface area contributed by atoms with Crippen molar-refractivity contribution in [1.82, 2.24) is 9.55 Å². The van der Waals surface area contributed by atoms with Crippen LogP contribution in [0.2, 0.25) is 0 Å². The first-order valence-electron chi connectivity index (χ1n) is 8.10. The molecule has 2 aromatic heterocycles. The molecule has 0 aliphatic carbocycles. The van der Waals surface area contributed by atoms with Gasteiger partial charge in [0.15, 0.2) is 6.20 Å². The van der Waals surface area contributed by atoms with Gasteiger partial charge in [0.2, 0.25) is 5.69 Å². The molecule has 1 aliphatic rings. The number of pyridine rings is 1. The maximum absolute atomic E-state index is 4.84. The zero-order valence-corrected chi connectivity index (χ0v) is 14.4. The predicted octanol–water partition coefficient (Wildman–Crippen LogP) is 3.87. The molecule has 23 heavy (non-hydrogen) atoms. The van der Waals surface area contributed by atoms with E-state index in [4.69, 9.17) is 4.98 Å².